The van der Waals surface area contributed by atoms with E-state index in [4.69, 9.17) is 14.2 Å². The van der Waals surface area contributed by atoms with Crippen molar-refractivity contribution in [1.82, 2.24) is 14.9 Å². The van der Waals surface area contributed by atoms with Crippen LogP contribution in [0.3, 0.4) is 0 Å². The summed E-state index contributed by atoms with van der Waals surface area (Å²) in [5, 5.41) is 3.04. The van der Waals surface area contributed by atoms with E-state index in [1.54, 1.807) is 24.4 Å². The van der Waals surface area contributed by atoms with Crippen molar-refractivity contribution in [2.45, 2.75) is 18.6 Å². The largest absolute Gasteiger partial charge is 0.454 e. The standard InChI is InChI=1S/C16H17N3O4/c1-19-6-5-17-15(19)14-11(4-7-21-14)18-16(20)10-2-3-12-13(8-10)23-9-22-12/h2-3,5-6,8,11,14H,4,7,9H2,1H3,(H,18,20)/t11-,14-/m0/s1. The van der Waals surface area contributed by atoms with Gasteiger partial charge in [-0.2, -0.15) is 0 Å². The van der Waals surface area contributed by atoms with Crippen LogP contribution in [0.1, 0.15) is 28.7 Å². The van der Waals surface area contributed by atoms with Crippen LogP contribution in [0.2, 0.25) is 0 Å². The molecule has 1 fully saturated rings. The molecule has 23 heavy (non-hydrogen) atoms. The second-order valence-electron chi connectivity index (χ2n) is 5.62. The van der Waals surface area contributed by atoms with Crippen LogP contribution < -0.4 is 14.8 Å². The quantitative estimate of drug-likeness (QED) is 0.927. The number of hydrogen-bond acceptors (Lipinski definition) is 5. The Balaban J connectivity index is 1.51. The molecule has 2 aliphatic heterocycles. The van der Waals surface area contributed by atoms with Crippen LogP contribution in [0.15, 0.2) is 30.6 Å². The molecule has 1 aromatic carbocycles. The molecule has 120 valence electrons. The number of ether oxygens (including phenoxy) is 3. The molecular weight excluding hydrogens is 298 g/mol. The molecule has 1 amide bonds. The molecule has 0 bridgehead atoms. The van der Waals surface area contributed by atoms with E-state index in [1.807, 2.05) is 17.8 Å². The second-order valence-corrected chi connectivity index (χ2v) is 5.62. The average Bonchev–Trinajstić information content (AvgIpc) is 3.26. The van der Waals surface area contributed by atoms with Gasteiger partial charge in [-0.05, 0) is 24.6 Å². The zero-order chi connectivity index (χ0) is 15.8. The summed E-state index contributed by atoms with van der Waals surface area (Å²) in [6, 6.07) is 5.07. The molecule has 2 atom stereocenters. The van der Waals surface area contributed by atoms with Crippen LogP contribution >= 0.6 is 0 Å². The molecule has 3 heterocycles. The first-order valence-electron chi connectivity index (χ1n) is 7.52. The molecule has 0 aliphatic carbocycles. The predicted molar refractivity (Wildman–Crippen MR) is 80.3 cm³/mol. The summed E-state index contributed by atoms with van der Waals surface area (Å²) in [5.41, 5.74) is 0.541. The molecule has 2 aliphatic rings. The third-order valence-corrected chi connectivity index (χ3v) is 4.16. The maximum atomic E-state index is 12.5. The fraction of sp³-hybridized carbons (Fsp3) is 0.375. The van der Waals surface area contributed by atoms with E-state index in [1.165, 1.54) is 0 Å². The monoisotopic (exact) mass is 315 g/mol. The van der Waals surface area contributed by atoms with Crippen molar-refractivity contribution in [2.24, 2.45) is 7.05 Å². The van der Waals surface area contributed by atoms with Crippen molar-refractivity contribution in [3.8, 4) is 11.5 Å². The van der Waals surface area contributed by atoms with Crippen molar-refractivity contribution in [1.29, 1.82) is 0 Å². The highest BCUT2D eigenvalue weighted by atomic mass is 16.7. The summed E-state index contributed by atoms with van der Waals surface area (Å²) >= 11 is 0. The first-order valence-corrected chi connectivity index (χ1v) is 7.52. The van der Waals surface area contributed by atoms with Crippen LogP contribution in [-0.2, 0) is 11.8 Å². The van der Waals surface area contributed by atoms with Gasteiger partial charge in [0.15, 0.2) is 11.5 Å². The van der Waals surface area contributed by atoms with Gasteiger partial charge in [-0.25, -0.2) is 4.98 Å². The second kappa shape index (κ2) is 5.58. The number of hydrogen-bond donors (Lipinski definition) is 1. The molecule has 1 aromatic heterocycles. The summed E-state index contributed by atoms with van der Waals surface area (Å²) in [4.78, 5) is 16.8. The highest BCUT2D eigenvalue weighted by molar-refractivity contribution is 5.95. The zero-order valence-corrected chi connectivity index (χ0v) is 12.7. The molecule has 7 heteroatoms. The van der Waals surface area contributed by atoms with Crippen LogP contribution in [-0.4, -0.2) is 34.9 Å². The summed E-state index contributed by atoms with van der Waals surface area (Å²) in [5.74, 6) is 1.93. The van der Waals surface area contributed by atoms with Crippen molar-refractivity contribution in [3.05, 3.63) is 42.0 Å². The molecule has 1 N–H and O–H groups in total. The van der Waals surface area contributed by atoms with Gasteiger partial charge in [-0.1, -0.05) is 0 Å². The molecule has 0 spiro atoms. The van der Waals surface area contributed by atoms with Crippen LogP contribution in [0, 0.1) is 0 Å². The van der Waals surface area contributed by atoms with Crippen molar-refractivity contribution in [3.63, 3.8) is 0 Å². The van der Waals surface area contributed by atoms with Gasteiger partial charge in [0.05, 0.1) is 6.04 Å². The van der Waals surface area contributed by atoms with Crippen molar-refractivity contribution in [2.75, 3.05) is 13.4 Å². The Morgan fingerprint density at radius 2 is 2.22 bits per heavy atom. The van der Waals surface area contributed by atoms with E-state index in [0.717, 1.165) is 12.2 Å². The van der Waals surface area contributed by atoms with Crippen LogP contribution in [0.25, 0.3) is 0 Å². The first-order chi connectivity index (χ1) is 11.2. The number of fused-ring (bicyclic) bond motifs is 1. The lowest BCUT2D eigenvalue weighted by Gasteiger charge is -2.19. The first kappa shape index (κ1) is 14.1. The van der Waals surface area contributed by atoms with E-state index in [0.29, 0.717) is 23.7 Å². The predicted octanol–water partition coefficient (Wildman–Crippen LogP) is 1.41. The van der Waals surface area contributed by atoms with E-state index in [2.05, 4.69) is 10.3 Å². The number of amides is 1. The third-order valence-electron chi connectivity index (χ3n) is 4.16. The number of carbonyl (C=O) groups is 1. The summed E-state index contributed by atoms with van der Waals surface area (Å²) in [7, 11) is 1.92. The fourth-order valence-electron chi connectivity index (χ4n) is 2.93. The van der Waals surface area contributed by atoms with Crippen LogP contribution in [0.5, 0.6) is 11.5 Å². The summed E-state index contributed by atoms with van der Waals surface area (Å²) < 4.78 is 18.2. The maximum absolute atomic E-state index is 12.5. The maximum Gasteiger partial charge on any atom is 0.251 e. The molecule has 0 saturated carbocycles. The van der Waals surface area contributed by atoms with Gasteiger partial charge < -0.3 is 24.1 Å². The molecule has 0 unspecified atom stereocenters. The van der Waals surface area contributed by atoms with E-state index < -0.39 is 0 Å². The van der Waals surface area contributed by atoms with E-state index in [-0.39, 0.29) is 24.8 Å². The number of benzene rings is 1. The Morgan fingerprint density at radius 1 is 1.35 bits per heavy atom. The lowest BCUT2D eigenvalue weighted by molar-refractivity contribution is 0.0779. The normalized spacial score (nSPS) is 22.3. The molecular formula is C16H17N3O4. The van der Waals surface area contributed by atoms with E-state index in [9.17, 15) is 4.79 Å². The minimum absolute atomic E-state index is 0.103. The highest BCUT2D eigenvalue weighted by Gasteiger charge is 2.33. The third kappa shape index (κ3) is 2.53. The Bertz CT molecular complexity index is 743. The number of carbonyl (C=O) groups excluding carboxylic acids is 1. The number of rotatable bonds is 3. The molecule has 1 saturated heterocycles. The topological polar surface area (TPSA) is 74.6 Å². The fourth-order valence-corrected chi connectivity index (χ4v) is 2.93. The Hall–Kier alpha value is -2.54. The van der Waals surface area contributed by atoms with E-state index >= 15 is 0 Å². The van der Waals surface area contributed by atoms with Gasteiger partial charge in [0.25, 0.3) is 5.91 Å². The summed E-state index contributed by atoms with van der Waals surface area (Å²) in [6.45, 7) is 0.793. The van der Waals surface area contributed by atoms with Crippen molar-refractivity contribution < 1.29 is 19.0 Å². The lowest BCUT2D eigenvalue weighted by atomic mass is 10.1. The molecule has 0 radical (unpaired) electrons. The highest BCUT2D eigenvalue weighted by Crippen LogP contribution is 2.33. The SMILES string of the molecule is Cn1ccnc1[C@H]1OCC[C@@H]1NC(=O)c1ccc2c(c1)OCO2. The molecule has 2 aromatic rings. The van der Waals surface area contributed by atoms with Gasteiger partial charge in [-0.3, -0.25) is 4.79 Å². The smallest absolute Gasteiger partial charge is 0.251 e. The number of aryl methyl sites for hydroxylation is 1. The van der Waals surface area contributed by atoms with Gasteiger partial charge in [-0.15, -0.1) is 0 Å². The summed E-state index contributed by atoms with van der Waals surface area (Å²) in [6.07, 6.45) is 4.13. The Morgan fingerprint density at radius 3 is 3.04 bits per heavy atom. The number of aromatic nitrogens is 2. The number of nitrogens with zero attached hydrogens (tertiary/aromatic N) is 2. The Kier molecular flexibility index (Phi) is 3.42. The van der Waals surface area contributed by atoms with Crippen LogP contribution in [0.4, 0.5) is 0 Å². The lowest BCUT2D eigenvalue weighted by Crippen LogP contribution is -2.37. The number of nitrogens with one attached hydrogen (secondary N) is 1. The minimum atomic E-state index is -0.229. The Labute approximate surface area is 133 Å². The van der Waals surface area contributed by atoms with Crippen molar-refractivity contribution >= 4 is 5.91 Å². The average molecular weight is 315 g/mol. The zero-order valence-electron chi connectivity index (χ0n) is 12.7. The number of imidazole rings is 1. The molecule has 7 nitrogen and oxygen atoms in total. The molecule has 4 rings (SSSR count). The van der Waals surface area contributed by atoms with Gasteiger partial charge in [0.1, 0.15) is 11.9 Å². The van der Waals surface area contributed by atoms with Gasteiger partial charge >= 0.3 is 0 Å². The van der Waals surface area contributed by atoms with Gasteiger partial charge in [0.2, 0.25) is 6.79 Å². The minimum Gasteiger partial charge on any atom is -0.454 e. The van der Waals surface area contributed by atoms with Gasteiger partial charge in [0, 0.05) is 31.6 Å².